The van der Waals surface area contributed by atoms with Crippen LogP contribution in [0.3, 0.4) is 0 Å². The van der Waals surface area contributed by atoms with Crippen molar-refractivity contribution in [2.45, 2.75) is 4.90 Å². The summed E-state index contributed by atoms with van der Waals surface area (Å²) in [4.78, 5) is 6.89. The standard InChI is InChI=1S/C9H12FN5O2S/c1-18(16,17)5-2-3-6(10)7(4-5)14-9(13)15-8(11)12/h2-4H,1H3,(H6,11,12,13,14,15). The summed E-state index contributed by atoms with van der Waals surface area (Å²) in [5, 5.41) is 0. The Labute approximate surface area is 103 Å². The molecule has 9 heteroatoms. The highest BCUT2D eigenvalue weighted by atomic mass is 32.2. The summed E-state index contributed by atoms with van der Waals surface area (Å²) in [5.74, 6) is -1.45. The van der Waals surface area contributed by atoms with Crippen molar-refractivity contribution in [2.75, 3.05) is 6.26 Å². The quantitative estimate of drug-likeness (QED) is 0.377. The Bertz CT molecular complexity index is 620. The molecule has 0 amide bonds. The van der Waals surface area contributed by atoms with E-state index in [9.17, 15) is 12.8 Å². The highest BCUT2D eigenvalue weighted by molar-refractivity contribution is 7.90. The van der Waals surface area contributed by atoms with Crippen LogP contribution >= 0.6 is 0 Å². The molecular weight excluding hydrogens is 261 g/mol. The second-order valence-electron chi connectivity index (χ2n) is 3.39. The normalized spacial score (nSPS) is 12.2. The molecule has 0 spiro atoms. The van der Waals surface area contributed by atoms with E-state index >= 15 is 0 Å². The van der Waals surface area contributed by atoms with E-state index in [1.54, 1.807) is 0 Å². The van der Waals surface area contributed by atoms with E-state index in [1.165, 1.54) is 0 Å². The lowest BCUT2D eigenvalue weighted by atomic mass is 10.3. The average molecular weight is 273 g/mol. The van der Waals surface area contributed by atoms with Crippen LogP contribution in [-0.2, 0) is 9.84 Å². The maximum atomic E-state index is 13.4. The van der Waals surface area contributed by atoms with E-state index in [2.05, 4.69) is 9.98 Å². The third-order valence-electron chi connectivity index (χ3n) is 1.82. The lowest BCUT2D eigenvalue weighted by Crippen LogP contribution is -2.26. The molecular formula is C9H12FN5O2S. The maximum Gasteiger partial charge on any atom is 0.223 e. The number of hydrogen-bond acceptors (Lipinski definition) is 3. The smallest absolute Gasteiger partial charge is 0.223 e. The summed E-state index contributed by atoms with van der Waals surface area (Å²) in [6.07, 6.45) is 0.993. The number of benzene rings is 1. The van der Waals surface area contributed by atoms with Crippen molar-refractivity contribution >= 4 is 27.4 Å². The number of aliphatic imine (C=N–C) groups is 2. The Kier molecular flexibility index (Phi) is 3.86. The summed E-state index contributed by atoms with van der Waals surface area (Å²) in [5.41, 5.74) is 15.2. The van der Waals surface area contributed by atoms with E-state index in [0.717, 1.165) is 24.5 Å². The topological polar surface area (TPSA) is 137 Å². The molecule has 0 atom stereocenters. The predicted octanol–water partition coefficient (Wildman–Crippen LogP) is -0.551. The van der Waals surface area contributed by atoms with Gasteiger partial charge in [0.05, 0.1) is 4.90 Å². The first-order valence-electron chi connectivity index (χ1n) is 4.63. The van der Waals surface area contributed by atoms with Crippen LogP contribution in [0.2, 0.25) is 0 Å². The van der Waals surface area contributed by atoms with Gasteiger partial charge in [0.15, 0.2) is 15.8 Å². The minimum Gasteiger partial charge on any atom is -0.370 e. The number of sulfone groups is 1. The number of nitrogens with two attached hydrogens (primary N) is 3. The Morgan fingerprint density at radius 2 is 1.89 bits per heavy atom. The Morgan fingerprint density at radius 3 is 2.39 bits per heavy atom. The van der Waals surface area contributed by atoms with Crippen LogP contribution in [0, 0.1) is 5.82 Å². The minimum atomic E-state index is -3.46. The molecule has 1 rings (SSSR count). The minimum absolute atomic E-state index is 0.0832. The molecule has 0 aliphatic heterocycles. The summed E-state index contributed by atoms with van der Waals surface area (Å²) < 4.78 is 36.0. The maximum absolute atomic E-state index is 13.4. The monoisotopic (exact) mass is 273 g/mol. The van der Waals surface area contributed by atoms with Crippen LogP contribution in [0.25, 0.3) is 0 Å². The first kappa shape index (κ1) is 13.9. The molecule has 0 aromatic heterocycles. The molecule has 0 aliphatic rings. The highest BCUT2D eigenvalue weighted by Crippen LogP contribution is 2.22. The number of nitrogens with zero attached hydrogens (tertiary/aromatic N) is 2. The van der Waals surface area contributed by atoms with E-state index in [0.29, 0.717) is 0 Å². The van der Waals surface area contributed by atoms with Gasteiger partial charge in [0.25, 0.3) is 0 Å². The fourth-order valence-corrected chi connectivity index (χ4v) is 1.73. The summed E-state index contributed by atoms with van der Waals surface area (Å²) in [6.45, 7) is 0. The molecule has 0 unspecified atom stereocenters. The molecule has 6 N–H and O–H groups in total. The fourth-order valence-electron chi connectivity index (χ4n) is 1.09. The fraction of sp³-hybridized carbons (Fsp3) is 0.111. The van der Waals surface area contributed by atoms with Gasteiger partial charge in [0.1, 0.15) is 11.5 Å². The van der Waals surface area contributed by atoms with Crippen LogP contribution in [0.15, 0.2) is 33.1 Å². The number of halogens is 1. The molecule has 0 saturated heterocycles. The van der Waals surface area contributed by atoms with Crippen LogP contribution in [0.5, 0.6) is 0 Å². The van der Waals surface area contributed by atoms with Crippen molar-refractivity contribution in [1.82, 2.24) is 0 Å². The number of hydrogen-bond donors (Lipinski definition) is 3. The lowest BCUT2D eigenvalue weighted by Gasteiger charge is -2.02. The molecule has 1 aromatic rings. The predicted molar refractivity (Wildman–Crippen MR) is 66.6 cm³/mol. The van der Waals surface area contributed by atoms with Crippen molar-refractivity contribution in [3.8, 4) is 0 Å². The zero-order valence-electron chi connectivity index (χ0n) is 9.46. The van der Waals surface area contributed by atoms with Gasteiger partial charge in [-0.25, -0.2) is 17.8 Å². The van der Waals surface area contributed by atoms with Crippen molar-refractivity contribution in [2.24, 2.45) is 27.2 Å². The van der Waals surface area contributed by atoms with Gasteiger partial charge in [-0.05, 0) is 18.2 Å². The zero-order valence-corrected chi connectivity index (χ0v) is 10.3. The van der Waals surface area contributed by atoms with Crippen molar-refractivity contribution in [1.29, 1.82) is 0 Å². The van der Waals surface area contributed by atoms with Crippen molar-refractivity contribution < 1.29 is 12.8 Å². The van der Waals surface area contributed by atoms with Gasteiger partial charge in [-0.2, -0.15) is 4.99 Å². The largest absolute Gasteiger partial charge is 0.370 e. The van der Waals surface area contributed by atoms with Gasteiger partial charge in [0.2, 0.25) is 5.96 Å². The second-order valence-corrected chi connectivity index (χ2v) is 5.41. The van der Waals surface area contributed by atoms with Crippen molar-refractivity contribution in [3.05, 3.63) is 24.0 Å². The molecule has 0 saturated carbocycles. The molecule has 0 bridgehead atoms. The number of rotatable bonds is 2. The first-order valence-corrected chi connectivity index (χ1v) is 6.52. The average Bonchev–Trinajstić information content (AvgIpc) is 2.18. The highest BCUT2D eigenvalue weighted by Gasteiger charge is 2.11. The van der Waals surface area contributed by atoms with Crippen LogP contribution in [0.1, 0.15) is 0 Å². The molecule has 0 fully saturated rings. The molecule has 18 heavy (non-hydrogen) atoms. The SMILES string of the molecule is CS(=O)(=O)c1ccc(F)c(N=C(N)N=C(N)N)c1. The van der Waals surface area contributed by atoms with Crippen molar-refractivity contribution in [3.63, 3.8) is 0 Å². The van der Waals surface area contributed by atoms with E-state index < -0.39 is 15.7 Å². The Balaban J connectivity index is 3.30. The van der Waals surface area contributed by atoms with Crippen LogP contribution in [0.4, 0.5) is 10.1 Å². The van der Waals surface area contributed by atoms with Crippen LogP contribution in [-0.4, -0.2) is 26.6 Å². The molecule has 0 aliphatic carbocycles. The van der Waals surface area contributed by atoms with Gasteiger partial charge >= 0.3 is 0 Å². The summed E-state index contributed by atoms with van der Waals surface area (Å²) >= 11 is 0. The van der Waals surface area contributed by atoms with Gasteiger partial charge in [-0.15, -0.1) is 0 Å². The van der Waals surface area contributed by atoms with Gasteiger partial charge < -0.3 is 17.2 Å². The van der Waals surface area contributed by atoms with Gasteiger partial charge in [0, 0.05) is 6.26 Å². The third kappa shape index (κ3) is 3.70. The molecule has 7 nitrogen and oxygen atoms in total. The van der Waals surface area contributed by atoms with E-state index in [-0.39, 0.29) is 22.5 Å². The summed E-state index contributed by atoms with van der Waals surface area (Å²) in [6, 6.07) is 3.14. The molecule has 0 heterocycles. The summed E-state index contributed by atoms with van der Waals surface area (Å²) in [7, 11) is -3.46. The number of guanidine groups is 2. The lowest BCUT2D eigenvalue weighted by molar-refractivity contribution is 0.600. The first-order chi connectivity index (χ1) is 8.20. The second kappa shape index (κ2) is 5.00. The zero-order chi connectivity index (χ0) is 13.9. The Hall–Kier alpha value is -2.16. The molecule has 98 valence electrons. The van der Waals surface area contributed by atoms with E-state index in [4.69, 9.17) is 17.2 Å². The molecule has 1 aromatic carbocycles. The van der Waals surface area contributed by atoms with Gasteiger partial charge in [-0.1, -0.05) is 0 Å². The van der Waals surface area contributed by atoms with Crippen LogP contribution < -0.4 is 17.2 Å². The Morgan fingerprint density at radius 1 is 1.28 bits per heavy atom. The van der Waals surface area contributed by atoms with E-state index in [1.807, 2.05) is 0 Å². The van der Waals surface area contributed by atoms with Gasteiger partial charge in [-0.3, -0.25) is 0 Å². The third-order valence-corrected chi connectivity index (χ3v) is 2.93. The molecule has 0 radical (unpaired) electrons.